The maximum Gasteiger partial charge on any atom is 0.274 e. The summed E-state index contributed by atoms with van der Waals surface area (Å²) < 4.78 is 0. The third kappa shape index (κ3) is 2.52. The fourth-order valence-corrected chi connectivity index (χ4v) is 2.05. The van der Waals surface area contributed by atoms with Gasteiger partial charge in [0.25, 0.3) is 11.5 Å². The summed E-state index contributed by atoms with van der Waals surface area (Å²) in [6, 6.07) is 2.95. The third-order valence-electron chi connectivity index (χ3n) is 2.99. The molecule has 1 unspecified atom stereocenters. The number of aromatic amines is 1. The molecule has 0 aliphatic carbocycles. The average molecular weight is 236 g/mol. The summed E-state index contributed by atoms with van der Waals surface area (Å²) in [5, 5.41) is 6.04. The molecule has 1 aliphatic rings. The van der Waals surface area contributed by atoms with Gasteiger partial charge in [-0.1, -0.05) is 0 Å². The van der Waals surface area contributed by atoms with E-state index in [1.165, 1.54) is 12.1 Å². The standard InChI is InChI=1S/C11H16N4O2/c1-8-7-14(2)5-6-15(8)11(17)9-3-4-10(16)13-12-9/h3-4,8H,5-7H2,1-2H3,(H,13,16). The number of hydrogen-bond acceptors (Lipinski definition) is 4. The maximum atomic E-state index is 12.2. The molecule has 1 aromatic rings. The van der Waals surface area contributed by atoms with Gasteiger partial charge in [-0.3, -0.25) is 9.59 Å². The van der Waals surface area contributed by atoms with Crippen LogP contribution in [0, 0.1) is 0 Å². The second kappa shape index (κ2) is 4.67. The highest BCUT2D eigenvalue weighted by Crippen LogP contribution is 2.10. The second-order valence-electron chi connectivity index (χ2n) is 4.42. The van der Waals surface area contributed by atoms with E-state index in [-0.39, 0.29) is 17.5 Å². The summed E-state index contributed by atoms with van der Waals surface area (Å²) in [5.41, 5.74) is -0.00557. The molecule has 1 atom stereocenters. The zero-order valence-electron chi connectivity index (χ0n) is 10.0. The number of piperazine rings is 1. The van der Waals surface area contributed by atoms with E-state index in [0.29, 0.717) is 12.2 Å². The topological polar surface area (TPSA) is 69.3 Å². The number of aromatic nitrogens is 2. The quantitative estimate of drug-likeness (QED) is 0.716. The molecule has 1 aromatic heterocycles. The van der Waals surface area contributed by atoms with Gasteiger partial charge in [0.15, 0.2) is 0 Å². The summed E-state index contributed by atoms with van der Waals surface area (Å²) in [4.78, 5) is 27.0. The van der Waals surface area contributed by atoms with Crippen molar-refractivity contribution in [3.8, 4) is 0 Å². The van der Waals surface area contributed by atoms with Gasteiger partial charge in [0.2, 0.25) is 0 Å². The number of rotatable bonds is 1. The lowest BCUT2D eigenvalue weighted by Crippen LogP contribution is -2.52. The van der Waals surface area contributed by atoms with Crippen molar-refractivity contribution in [1.82, 2.24) is 20.0 Å². The van der Waals surface area contributed by atoms with Crippen molar-refractivity contribution in [2.24, 2.45) is 0 Å². The van der Waals surface area contributed by atoms with E-state index in [4.69, 9.17) is 0 Å². The van der Waals surface area contributed by atoms with Crippen molar-refractivity contribution >= 4 is 5.91 Å². The molecular weight excluding hydrogens is 220 g/mol. The second-order valence-corrected chi connectivity index (χ2v) is 4.42. The Morgan fingerprint density at radius 2 is 2.24 bits per heavy atom. The van der Waals surface area contributed by atoms with E-state index in [1.54, 1.807) is 4.90 Å². The molecule has 1 saturated heterocycles. The summed E-state index contributed by atoms with van der Waals surface area (Å²) in [7, 11) is 2.04. The summed E-state index contributed by atoms with van der Waals surface area (Å²) in [6.45, 7) is 4.42. The Balaban J connectivity index is 2.14. The first-order chi connectivity index (χ1) is 8.08. The van der Waals surface area contributed by atoms with Crippen LogP contribution in [-0.2, 0) is 0 Å². The Hall–Kier alpha value is -1.69. The number of carbonyl (C=O) groups is 1. The molecule has 6 nitrogen and oxygen atoms in total. The van der Waals surface area contributed by atoms with Crippen molar-refractivity contribution in [2.45, 2.75) is 13.0 Å². The molecule has 2 rings (SSSR count). The Labute approximate surface area is 99.2 Å². The van der Waals surface area contributed by atoms with E-state index in [9.17, 15) is 9.59 Å². The van der Waals surface area contributed by atoms with Gasteiger partial charge in [-0.15, -0.1) is 0 Å². The van der Waals surface area contributed by atoms with Crippen LogP contribution in [0.1, 0.15) is 17.4 Å². The monoisotopic (exact) mass is 236 g/mol. The highest BCUT2D eigenvalue weighted by Gasteiger charge is 2.27. The SMILES string of the molecule is CC1CN(C)CCN1C(=O)c1ccc(=O)[nH]n1. The number of nitrogens with one attached hydrogen (secondary N) is 1. The van der Waals surface area contributed by atoms with Crippen LogP contribution < -0.4 is 5.56 Å². The van der Waals surface area contributed by atoms with Crippen LogP contribution in [0.15, 0.2) is 16.9 Å². The van der Waals surface area contributed by atoms with E-state index >= 15 is 0 Å². The van der Waals surface area contributed by atoms with Gasteiger partial charge in [0, 0.05) is 31.7 Å². The molecule has 92 valence electrons. The minimum absolute atomic E-state index is 0.123. The zero-order valence-corrected chi connectivity index (χ0v) is 10.0. The Morgan fingerprint density at radius 1 is 1.47 bits per heavy atom. The van der Waals surface area contributed by atoms with Gasteiger partial charge in [-0.25, -0.2) is 5.10 Å². The van der Waals surface area contributed by atoms with E-state index in [2.05, 4.69) is 15.1 Å². The largest absolute Gasteiger partial charge is 0.332 e. The zero-order chi connectivity index (χ0) is 12.4. The molecule has 0 spiro atoms. The molecule has 1 aliphatic heterocycles. The van der Waals surface area contributed by atoms with Crippen LogP contribution in [0.5, 0.6) is 0 Å². The van der Waals surface area contributed by atoms with Crippen molar-refractivity contribution < 1.29 is 4.79 Å². The van der Waals surface area contributed by atoms with Gasteiger partial charge < -0.3 is 9.80 Å². The van der Waals surface area contributed by atoms with Crippen molar-refractivity contribution in [2.75, 3.05) is 26.7 Å². The molecule has 0 radical (unpaired) electrons. The van der Waals surface area contributed by atoms with Crippen LogP contribution in [0.4, 0.5) is 0 Å². The summed E-state index contributed by atoms with van der Waals surface area (Å²) >= 11 is 0. The fraction of sp³-hybridized carbons (Fsp3) is 0.545. The molecule has 2 heterocycles. The Bertz CT molecular complexity index is 450. The van der Waals surface area contributed by atoms with Crippen LogP contribution in [-0.4, -0.2) is 58.6 Å². The Morgan fingerprint density at radius 3 is 2.82 bits per heavy atom. The molecule has 0 bridgehead atoms. The van der Waals surface area contributed by atoms with Crippen LogP contribution in [0.3, 0.4) is 0 Å². The molecule has 0 saturated carbocycles. The van der Waals surface area contributed by atoms with Gasteiger partial charge in [0.1, 0.15) is 5.69 Å². The summed E-state index contributed by atoms with van der Waals surface area (Å²) in [5.74, 6) is -0.123. The molecule has 1 amide bonds. The first kappa shape index (κ1) is 11.8. The highest BCUT2D eigenvalue weighted by atomic mass is 16.2. The summed E-state index contributed by atoms with van der Waals surface area (Å²) in [6.07, 6.45) is 0. The lowest BCUT2D eigenvalue weighted by Gasteiger charge is -2.37. The fourth-order valence-electron chi connectivity index (χ4n) is 2.05. The smallest absolute Gasteiger partial charge is 0.274 e. The lowest BCUT2D eigenvalue weighted by molar-refractivity contribution is 0.0526. The van der Waals surface area contributed by atoms with Crippen LogP contribution in [0.2, 0.25) is 0 Å². The molecule has 1 N–H and O–H groups in total. The first-order valence-corrected chi connectivity index (χ1v) is 5.63. The molecule has 1 fully saturated rings. The lowest BCUT2D eigenvalue weighted by atomic mass is 10.2. The third-order valence-corrected chi connectivity index (χ3v) is 2.99. The normalized spacial score (nSPS) is 21.5. The predicted molar refractivity (Wildman–Crippen MR) is 62.9 cm³/mol. The van der Waals surface area contributed by atoms with Gasteiger partial charge in [-0.2, -0.15) is 5.10 Å². The predicted octanol–water partition coefficient (Wildman–Crippen LogP) is -0.454. The van der Waals surface area contributed by atoms with Crippen molar-refractivity contribution in [1.29, 1.82) is 0 Å². The molecule has 17 heavy (non-hydrogen) atoms. The number of H-pyrrole nitrogens is 1. The van der Waals surface area contributed by atoms with Crippen molar-refractivity contribution in [3.05, 3.63) is 28.2 Å². The van der Waals surface area contributed by atoms with E-state index < -0.39 is 0 Å². The Kier molecular flexibility index (Phi) is 3.23. The van der Waals surface area contributed by atoms with Gasteiger partial charge in [0.05, 0.1) is 0 Å². The van der Waals surface area contributed by atoms with Crippen LogP contribution >= 0.6 is 0 Å². The molecular formula is C11H16N4O2. The number of amides is 1. The minimum Gasteiger partial charge on any atom is -0.332 e. The first-order valence-electron chi connectivity index (χ1n) is 5.63. The number of hydrogen-bond donors (Lipinski definition) is 1. The molecule has 0 aromatic carbocycles. The number of nitrogens with zero attached hydrogens (tertiary/aromatic N) is 3. The van der Waals surface area contributed by atoms with Crippen molar-refractivity contribution in [3.63, 3.8) is 0 Å². The van der Waals surface area contributed by atoms with Crippen LogP contribution in [0.25, 0.3) is 0 Å². The van der Waals surface area contributed by atoms with E-state index in [0.717, 1.165) is 13.1 Å². The highest BCUT2D eigenvalue weighted by molar-refractivity contribution is 5.92. The average Bonchev–Trinajstić information content (AvgIpc) is 2.29. The maximum absolute atomic E-state index is 12.2. The number of likely N-dealkylation sites (N-methyl/N-ethyl adjacent to an activating group) is 1. The number of carbonyl (C=O) groups excluding carboxylic acids is 1. The van der Waals surface area contributed by atoms with Gasteiger partial charge in [-0.05, 0) is 20.0 Å². The van der Waals surface area contributed by atoms with E-state index in [1.807, 2.05) is 14.0 Å². The van der Waals surface area contributed by atoms with Gasteiger partial charge >= 0.3 is 0 Å². The molecule has 6 heteroatoms. The minimum atomic E-state index is -0.298.